The second-order valence-corrected chi connectivity index (χ2v) is 6.88. The predicted molar refractivity (Wildman–Crippen MR) is 76.5 cm³/mol. The number of hydrogen-bond acceptors (Lipinski definition) is 6. The Balaban J connectivity index is 2.40. The number of methoxy groups -OCH3 is 1. The van der Waals surface area contributed by atoms with E-state index >= 15 is 0 Å². The summed E-state index contributed by atoms with van der Waals surface area (Å²) >= 11 is 0. The smallest absolute Gasteiger partial charge is 0.424 e. The van der Waals surface area contributed by atoms with Crippen LogP contribution in [0.2, 0.25) is 0 Å². The molecular weight excluding hydrogens is 310 g/mol. The molecule has 0 spiro atoms. The van der Waals surface area contributed by atoms with Crippen LogP contribution in [0.1, 0.15) is 12.5 Å². The number of rotatable bonds is 4. The molecular formula is C14H17NO6S. The SMILES string of the molecule is COC(=O)C(C)C1COC(=O)N1S(=O)(=O)c1ccc(C)cc1. The second kappa shape index (κ2) is 5.96. The summed E-state index contributed by atoms with van der Waals surface area (Å²) in [6, 6.07) is 5.16. The van der Waals surface area contributed by atoms with Gasteiger partial charge in [-0.3, -0.25) is 4.79 Å². The summed E-state index contributed by atoms with van der Waals surface area (Å²) in [5, 5.41) is 0. The fourth-order valence-corrected chi connectivity index (χ4v) is 3.77. The van der Waals surface area contributed by atoms with E-state index in [0.717, 1.165) is 5.56 Å². The van der Waals surface area contributed by atoms with Gasteiger partial charge in [0.2, 0.25) is 0 Å². The minimum atomic E-state index is -4.09. The van der Waals surface area contributed by atoms with Crippen molar-refractivity contribution in [2.24, 2.45) is 5.92 Å². The van der Waals surface area contributed by atoms with Crippen LogP contribution in [-0.2, 0) is 24.3 Å². The minimum Gasteiger partial charge on any atom is -0.469 e. The van der Waals surface area contributed by atoms with Gasteiger partial charge in [0, 0.05) is 0 Å². The van der Waals surface area contributed by atoms with Crippen molar-refractivity contribution in [3.8, 4) is 0 Å². The first-order chi connectivity index (χ1) is 10.3. The fraction of sp³-hybridized carbons (Fsp3) is 0.429. The molecule has 0 saturated carbocycles. The molecule has 1 saturated heterocycles. The Hall–Kier alpha value is -2.09. The van der Waals surface area contributed by atoms with E-state index in [1.54, 1.807) is 12.1 Å². The van der Waals surface area contributed by atoms with Gasteiger partial charge in [-0.05, 0) is 26.0 Å². The van der Waals surface area contributed by atoms with Crippen LogP contribution in [0.4, 0.5) is 4.79 Å². The molecule has 2 atom stereocenters. The highest BCUT2D eigenvalue weighted by molar-refractivity contribution is 7.89. The molecule has 0 radical (unpaired) electrons. The van der Waals surface area contributed by atoms with Crippen LogP contribution in [0.3, 0.4) is 0 Å². The van der Waals surface area contributed by atoms with Crippen molar-refractivity contribution in [3.05, 3.63) is 29.8 Å². The Morgan fingerprint density at radius 3 is 2.50 bits per heavy atom. The first kappa shape index (κ1) is 16.3. The molecule has 1 aromatic rings. The van der Waals surface area contributed by atoms with Crippen molar-refractivity contribution < 1.29 is 27.5 Å². The number of nitrogens with zero attached hydrogens (tertiary/aromatic N) is 1. The van der Waals surface area contributed by atoms with E-state index < -0.39 is 34.0 Å². The number of ether oxygens (including phenoxy) is 2. The lowest BCUT2D eigenvalue weighted by atomic mass is 10.0. The highest BCUT2D eigenvalue weighted by atomic mass is 32.2. The Kier molecular flexibility index (Phi) is 4.41. The molecule has 1 heterocycles. The third kappa shape index (κ3) is 2.78. The van der Waals surface area contributed by atoms with E-state index in [1.807, 2.05) is 6.92 Å². The summed E-state index contributed by atoms with van der Waals surface area (Å²) < 4.78 is 35.4. The Morgan fingerprint density at radius 2 is 1.95 bits per heavy atom. The molecule has 0 N–H and O–H groups in total. The molecule has 1 fully saturated rings. The molecule has 2 unspecified atom stereocenters. The second-order valence-electron chi connectivity index (χ2n) is 5.07. The van der Waals surface area contributed by atoms with Crippen molar-refractivity contribution >= 4 is 22.1 Å². The summed E-state index contributed by atoms with van der Waals surface area (Å²) in [4.78, 5) is 23.5. The summed E-state index contributed by atoms with van der Waals surface area (Å²) in [6.45, 7) is 3.14. The van der Waals surface area contributed by atoms with Crippen molar-refractivity contribution in [2.45, 2.75) is 24.8 Å². The maximum atomic E-state index is 12.7. The van der Waals surface area contributed by atoms with E-state index in [2.05, 4.69) is 4.74 Å². The van der Waals surface area contributed by atoms with Gasteiger partial charge in [-0.15, -0.1) is 0 Å². The van der Waals surface area contributed by atoms with Crippen LogP contribution in [0.25, 0.3) is 0 Å². The number of hydrogen-bond donors (Lipinski definition) is 0. The monoisotopic (exact) mass is 327 g/mol. The number of carbonyl (C=O) groups is 2. The van der Waals surface area contributed by atoms with Crippen molar-refractivity contribution in [2.75, 3.05) is 13.7 Å². The zero-order valence-electron chi connectivity index (χ0n) is 12.5. The van der Waals surface area contributed by atoms with Gasteiger partial charge in [0.15, 0.2) is 0 Å². The molecule has 7 nitrogen and oxygen atoms in total. The highest BCUT2D eigenvalue weighted by Crippen LogP contribution is 2.28. The average Bonchev–Trinajstić information content (AvgIpc) is 2.88. The van der Waals surface area contributed by atoms with Gasteiger partial charge in [-0.25, -0.2) is 13.2 Å². The number of amides is 1. The van der Waals surface area contributed by atoms with E-state index in [0.29, 0.717) is 4.31 Å². The van der Waals surface area contributed by atoms with Crippen LogP contribution in [0.5, 0.6) is 0 Å². The number of benzene rings is 1. The van der Waals surface area contributed by atoms with Crippen LogP contribution in [0, 0.1) is 12.8 Å². The first-order valence-electron chi connectivity index (χ1n) is 6.64. The van der Waals surface area contributed by atoms with E-state index in [9.17, 15) is 18.0 Å². The van der Waals surface area contributed by atoms with Gasteiger partial charge in [0.1, 0.15) is 6.61 Å². The molecule has 1 aliphatic rings. The van der Waals surface area contributed by atoms with Gasteiger partial charge >= 0.3 is 12.1 Å². The molecule has 1 aliphatic heterocycles. The summed E-state index contributed by atoms with van der Waals surface area (Å²) in [6.07, 6.45) is -0.985. The minimum absolute atomic E-state index is 0.0287. The van der Waals surface area contributed by atoms with Crippen LogP contribution in [0.15, 0.2) is 29.2 Å². The molecule has 22 heavy (non-hydrogen) atoms. The summed E-state index contributed by atoms with van der Waals surface area (Å²) in [5.74, 6) is -1.43. The number of sulfonamides is 1. The third-order valence-electron chi connectivity index (χ3n) is 3.59. The van der Waals surface area contributed by atoms with Crippen LogP contribution in [-0.4, -0.2) is 44.5 Å². The van der Waals surface area contributed by atoms with E-state index in [4.69, 9.17) is 4.74 Å². The predicted octanol–water partition coefficient (Wildman–Crippen LogP) is 1.31. The highest BCUT2D eigenvalue weighted by Gasteiger charge is 2.47. The fourth-order valence-electron chi connectivity index (χ4n) is 2.21. The molecule has 0 aliphatic carbocycles. The van der Waals surface area contributed by atoms with Gasteiger partial charge in [0.25, 0.3) is 10.0 Å². The normalized spacial score (nSPS) is 19.7. The van der Waals surface area contributed by atoms with Crippen LogP contribution < -0.4 is 0 Å². The van der Waals surface area contributed by atoms with Crippen molar-refractivity contribution in [1.29, 1.82) is 0 Å². The van der Waals surface area contributed by atoms with E-state index in [1.165, 1.54) is 26.2 Å². The largest absolute Gasteiger partial charge is 0.469 e. The first-order valence-corrected chi connectivity index (χ1v) is 8.08. The summed E-state index contributed by atoms with van der Waals surface area (Å²) in [5.41, 5.74) is 0.891. The maximum absolute atomic E-state index is 12.7. The van der Waals surface area contributed by atoms with Crippen molar-refractivity contribution in [1.82, 2.24) is 4.31 Å². The summed E-state index contributed by atoms with van der Waals surface area (Å²) in [7, 11) is -2.89. The Bertz CT molecular complexity index is 682. The lowest BCUT2D eigenvalue weighted by molar-refractivity contribution is -0.146. The Labute approximate surface area is 128 Å². The molecule has 0 aromatic heterocycles. The molecule has 1 amide bonds. The molecule has 8 heteroatoms. The van der Waals surface area contributed by atoms with Crippen LogP contribution >= 0.6 is 0 Å². The quantitative estimate of drug-likeness (QED) is 0.775. The molecule has 120 valence electrons. The topological polar surface area (TPSA) is 90.0 Å². The lowest BCUT2D eigenvalue weighted by Gasteiger charge is -2.24. The molecule has 2 rings (SSSR count). The van der Waals surface area contributed by atoms with Gasteiger partial charge in [-0.2, -0.15) is 4.31 Å². The molecule has 0 bridgehead atoms. The maximum Gasteiger partial charge on any atom is 0.424 e. The molecule has 1 aromatic carbocycles. The number of carbonyl (C=O) groups excluding carboxylic acids is 2. The zero-order chi connectivity index (χ0) is 16.5. The lowest BCUT2D eigenvalue weighted by Crippen LogP contribution is -2.44. The Morgan fingerprint density at radius 1 is 1.36 bits per heavy atom. The van der Waals surface area contributed by atoms with Gasteiger partial charge in [-0.1, -0.05) is 17.7 Å². The zero-order valence-corrected chi connectivity index (χ0v) is 13.3. The van der Waals surface area contributed by atoms with Gasteiger partial charge in [0.05, 0.1) is 24.0 Å². The number of aryl methyl sites for hydroxylation is 1. The van der Waals surface area contributed by atoms with Crippen molar-refractivity contribution in [3.63, 3.8) is 0 Å². The number of esters is 1. The van der Waals surface area contributed by atoms with E-state index in [-0.39, 0.29) is 11.5 Å². The third-order valence-corrected chi connectivity index (χ3v) is 5.39. The van der Waals surface area contributed by atoms with Gasteiger partial charge < -0.3 is 9.47 Å². The number of cyclic esters (lactones) is 1. The average molecular weight is 327 g/mol. The standard InChI is InChI=1S/C14H17NO6S/c1-9-4-6-11(7-5-9)22(18,19)15-12(8-21-14(15)17)10(2)13(16)20-3/h4-7,10,12H,8H2,1-3H3.